The molecule has 0 spiro atoms. The van der Waals surface area contributed by atoms with E-state index >= 15 is 0 Å². The summed E-state index contributed by atoms with van der Waals surface area (Å²) in [5.41, 5.74) is 5.72. The summed E-state index contributed by atoms with van der Waals surface area (Å²) >= 11 is 0. The summed E-state index contributed by atoms with van der Waals surface area (Å²) in [4.78, 5) is 0.188. The lowest BCUT2D eigenvalue weighted by Gasteiger charge is -2.02. The number of benzene rings is 1. The van der Waals surface area contributed by atoms with Crippen LogP contribution in [0.5, 0.6) is 0 Å². The number of nitrogens with two attached hydrogens (primary N) is 1. The van der Waals surface area contributed by atoms with E-state index in [9.17, 15) is 8.42 Å². The summed E-state index contributed by atoms with van der Waals surface area (Å²) in [6.07, 6.45) is 2.56. The number of anilines is 1. The van der Waals surface area contributed by atoms with Crippen LogP contribution in [-0.2, 0) is 10.0 Å². The van der Waals surface area contributed by atoms with Crippen molar-refractivity contribution in [3.8, 4) is 0 Å². The lowest BCUT2D eigenvalue weighted by Crippen LogP contribution is -2.13. The highest BCUT2D eigenvalue weighted by Gasteiger charge is 2.16. The molecule has 15 heavy (non-hydrogen) atoms. The highest BCUT2D eigenvalue weighted by Crippen LogP contribution is 2.13. The zero-order valence-corrected chi connectivity index (χ0v) is 8.55. The van der Waals surface area contributed by atoms with Crippen molar-refractivity contribution in [2.24, 2.45) is 0 Å². The van der Waals surface area contributed by atoms with Crippen molar-refractivity contribution >= 4 is 15.7 Å². The molecule has 2 aromatic rings. The van der Waals surface area contributed by atoms with E-state index in [1.54, 1.807) is 18.2 Å². The Labute approximate surface area is 87.2 Å². The molecule has 5 nitrogen and oxygen atoms in total. The van der Waals surface area contributed by atoms with Crippen LogP contribution >= 0.6 is 0 Å². The molecule has 0 unspecified atom stereocenters. The third-order valence-corrected chi connectivity index (χ3v) is 3.43. The average molecular weight is 223 g/mol. The van der Waals surface area contributed by atoms with E-state index in [4.69, 9.17) is 5.73 Å². The molecule has 0 atom stereocenters. The minimum absolute atomic E-state index is 0.188. The van der Waals surface area contributed by atoms with Gasteiger partial charge in [-0.05, 0) is 12.1 Å². The highest BCUT2D eigenvalue weighted by molar-refractivity contribution is 7.89. The Hall–Kier alpha value is -1.82. The minimum atomic E-state index is -3.59. The number of hydrogen-bond acceptors (Lipinski definition) is 4. The second-order valence-electron chi connectivity index (χ2n) is 2.96. The molecule has 0 fully saturated rings. The Morgan fingerprint density at radius 2 is 1.87 bits per heavy atom. The molecule has 78 valence electrons. The van der Waals surface area contributed by atoms with Crippen LogP contribution in [0, 0.1) is 0 Å². The van der Waals surface area contributed by atoms with Gasteiger partial charge in [0, 0.05) is 0 Å². The van der Waals surface area contributed by atoms with Gasteiger partial charge in [0.1, 0.15) is 0 Å². The average Bonchev–Trinajstić information content (AvgIpc) is 2.67. The second kappa shape index (κ2) is 3.39. The van der Waals surface area contributed by atoms with Crippen LogP contribution in [0.1, 0.15) is 0 Å². The molecule has 0 aliphatic carbocycles. The van der Waals surface area contributed by atoms with Crippen LogP contribution in [0.25, 0.3) is 0 Å². The molecule has 1 aromatic heterocycles. The molecular weight excluding hydrogens is 214 g/mol. The monoisotopic (exact) mass is 223 g/mol. The van der Waals surface area contributed by atoms with Crippen molar-refractivity contribution in [1.82, 2.24) is 9.19 Å². The highest BCUT2D eigenvalue weighted by atomic mass is 32.2. The third kappa shape index (κ3) is 1.71. The van der Waals surface area contributed by atoms with E-state index in [-0.39, 0.29) is 4.90 Å². The second-order valence-corrected chi connectivity index (χ2v) is 4.76. The normalized spacial score (nSPS) is 11.5. The zero-order valence-electron chi connectivity index (χ0n) is 7.74. The molecule has 0 radical (unpaired) electrons. The first-order chi connectivity index (χ1) is 7.10. The molecule has 0 amide bonds. The van der Waals surface area contributed by atoms with E-state index in [0.717, 1.165) is 4.09 Å². The van der Waals surface area contributed by atoms with Gasteiger partial charge in [-0.1, -0.05) is 18.2 Å². The predicted octanol–water partition coefficient (Wildman–Crippen LogP) is 0.702. The fourth-order valence-corrected chi connectivity index (χ4v) is 2.30. The van der Waals surface area contributed by atoms with Crippen LogP contribution < -0.4 is 5.73 Å². The van der Waals surface area contributed by atoms with Crippen LogP contribution in [0.2, 0.25) is 0 Å². The van der Waals surface area contributed by atoms with Crippen molar-refractivity contribution in [2.75, 3.05) is 5.73 Å². The minimum Gasteiger partial charge on any atom is -0.396 e. The maximum absolute atomic E-state index is 11.9. The van der Waals surface area contributed by atoms with Crippen molar-refractivity contribution in [1.29, 1.82) is 0 Å². The molecule has 1 heterocycles. The van der Waals surface area contributed by atoms with E-state index in [0.29, 0.717) is 5.69 Å². The van der Waals surface area contributed by atoms with Gasteiger partial charge in [-0.3, -0.25) is 0 Å². The maximum Gasteiger partial charge on any atom is 0.283 e. The Morgan fingerprint density at radius 1 is 1.20 bits per heavy atom. The van der Waals surface area contributed by atoms with Gasteiger partial charge in [0.25, 0.3) is 10.0 Å². The van der Waals surface area contributed by atoms with Crippen molar-refractivity contribution < 1.29 is 8.42 Å². The first-order valence-corrected chi connectivity index (χ1v) is 5.65. The maximum atomic E-state index is 11.9. The van der Waals surface area contributed by atoms with E-state index < -0.39 is 10.0 Å². The number of hydrogen-bond donors (Lipinski definition) is 1. The standard InChI is InChI=1S/C9H9N3O2S/c10-8-6-11-12(7-8)15(13,14)9-4-2-1-3-5-9/h1-7H,10H2. The van der Waals surface area contributed by atoms with Gasteiger partial charge in [-0.15, -0.1) is 0 Å². The fraction of sp³-hybridized carbons (Fsp3) is 0. The quantitative estimate of drug-likeness (QED) is 0.813. The Balaban J connectivity index is 2.54. The van der Waals surface area contributed by atoms with Crippen molar-refractivity contribution in [2.45, 2.75) is 4.90 Å². The summed E-state index contributed by atoms with van der Waals surface area (Å²) in [6.45, 7) is 0. The van der Waals surface area contributed by atoms with Crippen LogP contribution in [0.15, 0.2) is 47.6 Å². The molecular formula is C9H9N3O2S. The van der Waals surface area contributed by atoms with Crippen LogP contribution in [0.4, 0.5) is 5.69 Å². The summed E-state index contributed by atoms with van der Waals surface area (Å²) in [7, 11) is -3.59. The van der Waals surface area contributed by atoms with E-state index in [1.807, 2.05) is 0 Å². The predicted molar refractivity (Wildman–Crippen MR) is 55.7 cm³/mol. The summed E-state index contributed by atoms with van der Waals surface area (Å²) < 4.78 is 24.6. The van der Waals surface area contributed by atoms with Crippen LogP contribution in [-0.4, -0.2) is 17.6 Å². The van der Waals surface area contributed by atoms with Gasteiger partial charge in [-0.25, -0.2) is 0 Å². The number of aromatic nitrogens is 2. The van der Waals surface area contributed by atoms with E-state index in [1.165, 1.54) is 24.5 Å². The van der Waals surface area contributed by atoms with E-state index in [2.05, 4.69) is 5.10 Å². The first-order valence-electron chi connectivity index (χ1n) is 4.21. The molecule has 0 aliphatic rings. The SMILES string of the molecule is Nc1cnn(S(=O)(=O)c2ccccc2)c1. The lowest BCUT2D eigenvalue weighted by molar-refractivity contribution is 0.580. The summed E-state index contributed by atoms with van der Waals surface area (Å²) in [5.74, 6) is 0. The Morgan fingerprint density at radius 3 is 2.40 bits per heavy atom. The molecule has 1 aromatic carbocycles. The smallest absolute Gasteiger partial charge is 0.283 e. The number of nitrogen functional groups attached to an aromatic ring is 1. The van der Waals surface area contributed by atoms with Gasteiger partial charge in [0.05, 0.1) is 23.0 Å². The Bertz CT molecular complexity index is 560. The van der Waals surface area contributed by atoms with Gasteiger partial charge in [-0.2, -0.15) is 17.6 Å². The topological polar surface area (TPSA) is 78.0 Å². The summed E-state index contributed by atoms with van der Waals surface area (Å²) in [5, 5.41) is 3.67. The van der Waals surface area contributed by atoms with Crippen molar-refractivity contribution in [3.05, 3.63) is 42.7 Å². The molecule has 0 saturated carbocycles. The molecule has 0 aliphatic heterocycles. The van der Waals surface area contributed by atoms with Crippen molar-refractivity contribution in [3.63, 3.8) is 0 Å². The largest absolute Gasteiger partial charge is 0.396 e. The van der Waals surface area contributed by atoms with Gasteiger partial charge in [0.15, 0.2) is 0 Å². The Kier molecular flexibility index (Phi) is 2.20. The number of rotatable bonds is 2. The number of nitrogens with zero attached hydrogens (tertiary/aromatic N) is 2. The molecule has 2 N–H and O–H groups in total. The molecule has 2 rings (SSSR count). The molecule has 0 saturated heterocycles. The lowest BCUT2D eigenvalue weighted by atomic mass is 10.4. The zero-order chi connectivity index (χ0) is 10.9. The molecule has 6 heteroatoms. The molecule has 0 bridgehead atoms. The fourth-order valence-electron chi connectivity index (χ4n) is 1.15. The van der Waals surface area contributed by atoms with Gasteiger partial charge < -0.3 is 5.73 Å². The van der Waals surface area contributed by atoms with Gasteiger partial charge in [0.2, 0.25) is 0 Å². The third-order valence-electron chi connectivity index (χ3n) is 1.87. The van der Waals surface area contributed by atoms with Crippen LogP contribution in [0.3, 0.4) is 0 Å². The summed E-state index contributed by atoms with van der Waals surface area (Å²) in [6, 6.07) is 8.07. The van der Waals surface area contributed by atoms with Gasteiger partial charge >= 0.3 is 0 Å². The first kappa shape index (κ1) is 9.72.